The molecular weight excluding hydrogens is 255 g/mol. The van der Waals surface area contributed by atoms with Crippen LogP contribution in [0.1, 0.15) is 28.2 Å². The van der Waals surface area contributed by atoms with Crippen molar-refractivity contribution in [1.82, 2.24) is 0 Å². The van der Waals surface area contributed by atoms with Gasteiger partial charge in [0, 0.05) is 16.4 Å². The highest BCUT2D eigenvalue weighted by Crippen LogP contribution is 2.50. The number of ether oxygens (including phenoxy) is 2. The first kappa shape index (κ1) is 11.3. The number of fused-ring (bicyclic) bond motifs is 5. The highest BCUT2D eigenvalue weighted by Gasteiger charge is 2.44. The monoisotopic (exact) mass is 270 g/mol. The standard InChI is InChI=1S/C16H15O2P/c1-8-3-4-12-10(5-8)14-11-6-9(2)7-13(19)15(11)18-16(14)17-12/h3-7,14,16H,19H2,1-2H3/t14?,16-/m1/s1. The smallest absolute Gasteiger partial charge is 0.252 e. The lowest BCUT2D eigenvalue weighted by molar-refractivity contribution is 0.0337. The average Bonchev–Trinajstić information content (AvgIpc) is 2.86. The van der Waals surface area contributed by atoms with Crippen LogP contribution in [0, 0.1) is 13.8 Å². The third-order valence-electron chi connectivity index (χ3n) is 3.88. The fourth-order valence-corrected chi connectivity index (χ4v) is 3.58. The molecule has 0 amide bonds. The third kappa shape index (κ3) is 1.53. The normalized spacial score (nSPS) is 22.3. The van der Waals surface area contributed by atoms with Crippen LogP contribution in [0.15, 0.2) is 30.3 Å². The zero-order chi connectivity index (χ0) is 13.1. The van der Waals surface area contributed by atoms with E-state index in [-0.39, 0.29) is 12.2 Å². The molecule has 2 aromatic rings. The fourth-order valence-electron chi connectivity index (χ4n) is 3.08. The van der Waals surface area contributed by atoms with Crippen molar-refractivity contribution < 1.29 is 9.47 Å². The summed E-state index contributed by atoms with van der Waals surface area (Å²) in [7, 11) is 2.76. The van der Waals surface area contributed by atoms with Crippen molar-refractivity contribution >= 4 is 14.5 Å². The summed E-state index contributed by atoms with van der Waals surface area (Å²) in [5, 5.41) is 1.11. The van der Waals surface area contributed by atoms with Gasteiger partial charge in [0.2, 0.25) is 0 Å². The lowest BCUT2D eigenvalue weighted by Gasteiger charge is -2.10. The van der Waals surface area contributed by atoms with Crippen molar-refractivity contribution in [3.63, 3.8) is 0 Å². The van der Waals surface area contributed by atoms with Crippen LogP contribution in [0.2, 0.25) is 0 Å². The van der Waals surface area contributed by atoms with E-state index in [9.17, 15) is 0 Å². The maximum absolute atomic E-state index is 6.00. The second-order valence-corrected chi connectivity index (χ2v) is 6.02. The fraction of sp³-hybridized carbons (Fsp3) is 0.250. The van der Waals surface area contributed by atoms with Crippen molar-refractivity contribution in [3.05, 3.63) is 52.6 Å². The SMILES string of the molecule is Cc1ccc2c(c1)C1c3cc(C)cc(P)c3O[C@H]1O2. The first-order valence-corrected chi connectivity index (χ1v) is 7.05. The number of hydrogen-bond acceptors (Lipinski definition) is 2. The topological polar surface area (TPSA) is 18.5 Å². The Bertz CT molecular complexity index is 693. The molecule has 3 atom stereocenters. The van der Waals surface area contributed by atoms with Crippen LogP contribution in [0.5, 0.6) is 11.5 Å². The highest BCUT2D eigenvalue weighted by atomic mass is 31.0. The van der Waals surface area contributed by atoms with Crippen LogP contribution in [0.4, 0.5) is 0 Å². The van der Waals surface area contributed by atoms with E-state index in [0.717, 1.165) is 16.8 Å². The molecular formula is C16H15O2P. The van der Waals surface area contributed by atoms with Gasteiger partial charge in [0.25, 0.3) is 6.29 Å². The van der Waals surface area contributed by atoms with Gasteiger partial charge < -0.3 is 9.47 Å². The molecule has 0 N–H and O–H groups in total. The van der Waals surface area contributed by atoms with Crippen molar-refractivity contribution in [2.75, 3.05) is 0 Å². The van der Waals surface area contributed by atoms with E-state index in [0.29, 0.717) is 0 Å². The molecule has 4 rings (SSSR count). The molecule has 0 saturated carbocycles. The summed E-state index contributed by atoms with van der Waals surface area (Å²) in [5.41, 5.74) is 5.02. The van der Waals surface area contributed by atoms with Gasteiger partial charge in [-0.3, -0.25) is 0 Å². The van der Waals surface area contributed by atoms with E-state index in [1.54, 1.807) is 0 Å². The molecule has 0 bridgehead atoms. The molecule has 2 nitrogen and oxygen atoms in total. The quantitative estimate of drug-likeness (QED) is 0.685. The largest absolute Gasteiger partial charge is 0.454 e. The molecule has 2 heterocycles. The predicted molar refractivity (Wildman–Crippen MR) is 78.6 cm³/mol. The van der Waals surface area contributed by atoms with Gasteiger partial charge in [0.1, 0.15) is 11.5 Å². The van der Waals surface area contributed by atoms with E-state index in [4.69, 9.17) is 9.47 Å². The second kappa shape index (κ2) is 3.74. The summed E-state index contributed by atoms with van der Waals surface area (Å²) >= 11 is 0. The summed E-state index contributed by atoms with van der Waals surface area (Å²) in [5.74, 6) is 2.14. The van der Waals surface area contributed by atoms with Gasteiger partial charge in [0.15, 0.2) is 0 Å². The molecule has 2 aromatic carbocycles. The minimum absolute atomic E-state index is 0.201. The molecule has 19 heavy (non-hydrogen) atoms. The predicted octanol–water partition coefficient (Wildman–Crippen LogP) is 3.05. The van der Waals surface area contributed by atoms with E-state index < -0.39 is 0 Å². The van der Waals surface area contributed by atoms with E-state index in [2.05, 4.69) is 47.4 Å². The summed E-state index contributed by atoms with van der Waals surface area (Å²) in [6, 6.07) is 10.7. The highest BCUT2D eigenvalue weighted by molar-refractivity contribution is 7.27. The van der Waals surface area contributed by atoms with Crippen molar-refractivity contribution in [2.45, 2.75) is 26.1 Å². The Morgan fingerprint density at radius 2 is 1.74 bits per heavy atom. The molecule has 2 unspecified atom stereocenters. The van der Waals surface area contributed by atoms with Gasteiger partial charge in [-0.05, 0) is 31.5 Å². The van der Waals surface area contributed by atoms with Crippen LogP contribution in [-0.2, 0) is 0 Å². The van der Waals surface area contributed by atoms with Crippen LogP contribution in [0.25, 0.3) is 0 Å². The Kier molecular flexibility index (Phi) is 2.23. The summed E-state index contributed by atoms with van der Waals surface area (Å²) < 4.78 is 11.9. The summed E-state index contributed by atoms with van der Waals surface area (Å²) in [4.78, 5) is 0. The molecule has 2 aliphatic rings. The maximum Gasteiger partial charge on any atom is 0.252 e. The molecule has 0 aromatic heterocycles. The van der Waals surface area contributed by atoms with Crippen molar-refractivity contribution in [1.29, 1.82) is 0 Å². The van der Waals surface area contributed by atoms with Gasteiger partial charge in [0.05, 0.1) is 5.92 Å². The lowest BCUT2D eigenvalue weighted by Crippen LogP contribution is -2.20. The van der Waals surface area contributed by atoms with Crippen molar-refractivity contribution in [2.24, 2.45) is 0 Å². The van der Waals surface area contributed by atoms with E-state index in [1.165, 1.54) is 22.3 Å². The molecule has 3 heteroatoms. The maximum atomic E-state index is 6.00. The van der Waals surface area contributed by atoms with Crippen LogP contribution in [-0.4, -0.2) is 6.29 Å². The third-order valence-corrected chi connectivity index (χ3v) is 4.30. The van der Waals surface area contributed by atoms with Gasteiger partial charge in [-0.25, -0.2) is 0 Å². The number of aryl methyl sites for hydroxylation is 2. The first-order chi connectivity index (χ1) is 9.13. The molecule has 0 aliphatic carbocycles. The Morgan fingerprint density at radius 3 is 2.58 bits per heavy atom. The molecule has 2 aliphatic heterocycles. The molecule has 0 radical (unpaired) electrons. The van der Waals surface area contributed by atoms with Gasteiger partial charge in [-0.15, -0.1) is 9.24 Å². The Morgan fingerprint density at radius 1 is 0.947 bits per heavy atom. The van der Waals surface area contributed by atoms with Crippen LogP contribution < -0.4 is 14.8 Å². The first-order valence-electron chi connectivity index (χ1n) is 6.47. The van der Waals surface area contributed by atoms with Crippen molar-refractivity contribution in [3.8, 4) is 11.5 Å². The van der Waals surface area contributed by atoms with Gasteiger partial charge >= 0.3 is 0 Å². The van der Waals surface area contributed by atoms with E-state index in [1.807, 2.05) is 6.07 Å². The second-order valence-electron chi connectivity index (χ2n) is 5.40. The number of rotatable bonds is 0. The lowest BCUT2D eigenvalue weighted by atomic mass is 9.91. The van der Waals surface area contributed by atoms with Gasteiger partial charge in [-0.2, -0.15) is 0 Å². The summed E-state index contributed by atoms with van der Waals surface area (Å²) in [6.07, 6.45) is -0.201. The molecule has 0 saturated heterocycles. The molecule has 0 fully saturated rings. The molecule has 96 valence electrons. The minimum atomic E-state index is -0.201. The Hall–Kier alpha value is -1.53. The Labute approximate surface area is 114 Å². The number of benzene rings is 2. The Balaban J connectivity index is 1.93. The molecule has 0 spiro atoms. The van der Waals surface area contributed by atoms with Crippen LogP contribution >= 0.6 is 9.24 Å². The zero-order valence-electron chi connectivity index (χ0n) is 10.9. The van der Waals surface area contributed by atoms with E-state index >= 15 is 0 Å². The average molecular weight is 270 g/mol. The minimum Gasteiger partial charge on any atom is -0.454 e. The number of hydrogen-bond donors (Lipinski definition) is 0. The zero-order valence-corrected chi connectivity index (χ0v) is 12.1. The summed E-state index contributed by atoms with van der Waals surface area (Å²) in [6.45, 7) is 4.23. The van der Waals surface area contributed by atoms with Gasteiger partial charge in [-0.1, -0.05) is 23.8 Å². The van der Waals surface area contributed by atoms with Crippen LogP contribution in [0.3, 0.4) is 0 Å².